The van der Waals surface area contributed by atoms with E-state index < -0.39 is 0 Å². The van der Waals surface area contributed by atoms with Crippen LogP contribution in [0.5, 0.6) is 0 Å². The van der Waals surface area contributed by atoms with Gasteiger partial charge >= 0.3 is 0 Å². The van der Waals surface area contributed by atoms with Crippen LogP contribution < -0.4 is 5.32 Å². The molecule has 1 aromatic carbocycles. The second-order valence-corrected chi connectivity index (χ2v) is 5.93. The highest BCUT2D eigenvalue weighted by Gasteiger charge is 2.39. The summed E-state index contributed by atoms with van der Waals surface area (Å²) in [6.45, 7) is 4.77. The number of nitrogens with one attached hydrogen (secondary N) is 1. The number of aryl methyl sites for hydroxylation is 1. The summed E-state index contributed by atoms with van der Waals surface area (Å²) in [5.74, 6) is 0.932. The van der Waals surface area contributed by atoms with Gasteiger partial charge in [0, 0.05) is 6.04 Å². The van der Waals surface area contributed by atoms with Gasteiger partial charge < -0.3 is 4.90 Å². The van der Waals surface area contributed by atoms with Gasteiger partial charge in [0.2, 0.25) is 5.91 Å². The first-order chi connectivity index (χ1) is 9.16. The van der Waals surface area contributed by atoms with E-state index in [1.165, 1.54) is 30.4 Å². The second kappa shape index (κ2) is 4.97. The molecular formula is C16H22N2O. The number of amides is 1. The van der Waals surface area contributed by atoms with Gasteiger partial charge in [0.1, 0.15) is 6.17 Å². The summed E-state index contributed by atoms with van der Waals surface area (Å²) in [5.41, 5.74) is 2.45. The van der Waals surface area contributed by atoms with E-state index in [0.717, 1.165) is 0 Å². The van der Waals surface area contributed by atoms with Crippen molar-refractivity contribution in [3.05, 3.63) is 35.4 Å². The lowest BCUT2D eigenvalue weighted by molar-refractivity contribution is -0.131. The van der Waals surface area contributed by atoms with E-state index in [1.807, 2.05) is 0 Å². The molecule has 1 aromatic rings. The van der Waals surface area contributed by atoms with Crippen LogP contribution in [0.15, 0.2) is 24.3 Å². The molecule has 0 radical (unpaired) electrons. The van der Waals surface area contributed by atoms with Gasteiger partial charge in [0.25, 0.3) is 0 Å². The third kappa shape index (κ3) is 2.27. The maximum atomic E-state index is 12.2. The van der Waals surface area contributed by atoms with E-state index in [-0.39, 0.29) is 12.1 Å². The summed E-state index contributed by atoms with van der Waals surface area (Å²) in [6, 6.07) is 8.81. The molecule has 0 spiro atoms. The van der Waals surface area contributed by atoms with Gasteiger partial charge in [-0.1, -0.05) is 36.2 Å². The van der Waals surface area contributed by atoms with Gasteiger partial charge in [-0.2, -0.15) is 0 Å². The summed E-state index contributed by atoms with van der Waals surface area (Å²) < 4.78 is 0. The standard InChI is InChI=1S/C16H22N2O/c1-11-5-3-8-14(9-11)16-17-10-15(19)18(16)12(2)13-6-4-7-13/h3,5,8-9,12-13,16-17H,4,6-7,10H2,1-2H3. The predicted octanol–water partition coefficient (Wildman–Crippen LogP) is 2.61. The molecule has 1 aliphatic heterocycles. The molecule has 1 amide bonds. The van der Waals surface area contributed by atoms with Crippen LogP contribution in [0.1, 0.15) is 43.5 Å². The van der Waals surface area contributed by atoms with Crippen molar-refractivity contribution < 1.29 is 4.79 Å². The number of hydrogen-bond donors (Lipinski definition) is 1. The van der Waals surface area contributed by atoms with Gasteiger partial charge in [-0.15, -0.1) is 0 Å². The average Bonchev–Trinajstić information content (AvgIpc) is 2.68. The Morgan fingerprint density at radius 1 is 1.37 bits per heavy atom. The van der Waals surface area contributed by atoms with Crippen LogP contribution in [0.4, 0.5) is 0 Å². The smallest absolute Gasteiger partial charge is 0.238 e. The minimum Gasteiger partial charge on any atom is -0.319 e. The molecule has 2 fully saturated rings. The molecule has 0 bridgehead atoms. The molecule has 1 saturated carbocycles. The molecule has 102 valence electrons. The average molecular weight is 258 g/mol. The van der Waals surface area contributed by atoms with Crippen molar-refractivity contribution in [1.29, 1.82) is 0 Å². The molecule has 1 heterocycles. The van der Waals surface area contributed by atoms with Crippen LogP contribution in [-0.4, -0.2) is 23.4 Å². The number of nitrogens with zero attached hydrogens (tertiary/aromatic N) is 1. The predicted molar refractivity (Wildman–Crippen MR) is 75.6 cm³/mol. The van der Waals surface area contributed by atoms with Crippen LogP contribution in [0.2, 0.25) is 0 Å². The first-order valence-corrected chi connectivity index (χ1v) is 7.28. The van der Waals surface area contributed by atoms with Gasteiger partial charge in [-0.05, 0) is 38.2 Å². The first kappa shape index (κ1) is 12.7. The van der Waals surface area contributed by atoms with Crippen molar-refractivity contribution in [1.82, 2.24) is 10.2 Å². The van der Waals surface area contributed by atoms with E-state index in [4.69, 9.17) is 0 Å². The minimum atomic E-state index is 0.0583. The van der Waals surface area contributed by atoms with Crippen molar-refractivity contribution in [2.24, 2.45) is 5.92 Å². The number of carbonyl (C=O) groups is 1. The molecule has 3 rings (SSSR count). The topological polar surface area (TPSA) is 32.3 Å². The highest BCUT2D eigenvalue weighted by Crippen LogP contribution is 2.36. The zero-order valence-corrected chi connectivity index (χ0v) is 11.7. The Labute approximate surface area is 115 Å². The Balaban J connectivity index is 1.85. The lowest BCUT2D eigenvalue weighted by atomic mass is 9.79. The molecule has 1 N–H and O–H groups in total. The Hall–Kier alpha value is -1.35. The largest absolute Gasteiger partial charge is 0.319 e. The molecule has 0 aromatic heterocycles. The fourth-order valence-electron chi connectivity index (χ4n) is 3.25. The molecule has 1 saturated heterocycles. The summed E-state index contributed by atoms with van der Waals surface area (Å²) in [5, 5.41) is 3.36. The Kier molecular flexibility index (Phi) is 3.31. The van der Waals surface area contributed by atoms with Gasteiger partial charge in [-0.3, -0.25) is 10.1 Å². The highest BCUT2D eigenvalue weighted by atomic mass is 16.2. The van der Waals surface area contributed by atoms with Crippen molar-refractivity contribution in [2.45, 2.75) is 45.3 Å². The number of hydrogen-bond acceptors (Lipinski definition) is 2. The summed E-state index contributed by atoms with van der Waals surface area (Å²) in [6.07, 6.45) is 3.92. The lowest BCUT2D eigenvalue weighted by Gasteiger charge is -2.40. The van der Waals surface area contributed by atoms with Gasteiger partial charge in [0.15, 0.2) is 0 Å². The zero-order valence-electron chi connectivity index (χ0n) is 11.7. The molecule has 2 atom stereocenters. The van der Waals surface area contributed by atoms with Crippen LogP contribution in [0.25, 0.3) is 0 Å². The third-order valence-corrected chi connectivity index (χ3v) is 4.64. The molecule has 3 heteroatoms. The Morgan fingerprint density at radius 2 is 2.16 bits per heavy atom. The van der Waals surface area contributed by atoms with Crippen molar-refractivity contribution >= 4 is 5.91 Å². The van der Waals surface area contributed by atoms with Gasteiger partial charge in [0.05, 0.1) is 6.54 Å². The molecule has 2 aliphatic rings. The highest BCUT2D eigenvalue weighted by molar-refractivity contribution is 5.81. The van der Waals surface area contributed by atoms with E-state index in [0.29, 0.717) is 18.5 Å². The zero-order chi connectivity index (χ0) is 13.4. The van der Waals surface area contributed by atoms with Crippen molar-refractivity contribution in [3.8, 4) is 0 Å². The molecule has 19 heavy (non-hydrogen) atoms. The second-order valence-electron chi connectivity index (χ2n) is 5.93. The lowest BCUT2D eigenvalue weighted by Crippen LogP contribution is -2.44. The van der Waals surface area contributed by atoms with E-state index in [9.17, 15) is 4.79 Å². The van der Waals surface area contributed by atoms with Crippen LogP contribution in [-0.2, 0) is 4.79 Å². The minimum absolute atomic E-state index is 0.0583. The van der Waals surface area contributed by atoms with E-state index in [1.54, 1.807) is 0 Å². The summed E-state index contributed by atoms with van der Waals surface area (Å²) in [4.78, 5) is 14.3. The fraction of sp³-hybridized carbons (Fsp3) is 0.562. The molecule has 1 aliphatic carbocycles. The third-order valence-electron chi connectivity index (χ3n) is 4.64. The van der Waals surface area contributed by atoms with Crippen LogP contribution >= 0.6 is 0 Å². The monoisotopic (exact) mass is 258 g/mol. The van der Waals surface area contributed by atoms with Crippen LogP contribution in [0.3, 0.4) is 0 Å². The molecule has 2 unspecified atom stereocenters. The SMILES string of the molecule is Cc1cccc(C2NCC(=O)N2C(C)C2CCC2)c1. The maximum absolute atomic E-state index is 12.2. The normalized spacial score (nSPS) is 25.5. The summed E-state index contributed by atoms with van der Waals surface area (Å²) in [7, 11) is 0. The number of benzene rings is 1. The van der Waals surface area contributed by atoms with Crippen molar-refractivity contribution in [2.75, 3.05) is 6.54 Å². The maximum Gasteiger partial charge on any atom is 0.238 e. The quantitative estimate of drug-likeness (QED) is 0.904. The molecular weight excluding hydrogens is 236 g/mol. The van der Waals surface area contributed by atoms with Crippen LogP contribution in [0, 0.1) is 12.8 Å². The molecule has 3 nitrogen and oxygen atoms in total. The van der Waals surface area contributed by atoms with E-state index in [2.05, 4.69) is 48.3 Å². The Bertz CT molecular complexity index is 481. The summed E-state index contributed by atoms with van der Waals surface area (Å²) >= 11 is 0. The van der Waals surface area contributed by atoms with E-state index >= 15 is 0 Å². The number of rotatable bonds is 3. The first-order valence-electron chi connectivity index (χ1n) is 7.28. The van der Waals surface area contributed by atoms with Crippen molar-refractivity contribution in [3.63, 3.8) is 0 Å². The van der Waals surface area contributed by atoms with Gasteiger partial charge in [-0.25, -0.2) is 0 Å². The Morgan fingerprint density at radius 3 is 2.79 bits per heavy atom. The number of carbonyl (C=O) groups excluding carboxylic acids is 1. The fourth-order valence-corrected chi connectivity index (χ4v) is 3.25.